The van der Waals surface area contributed by atoms with E-state index in [2.05, 4.69) is 15.9 Å². The second-order valence-corrected chi connectivity index (χ2v) is 2.94. The van der Waals surface area contributed by atoms with Crippen LogP contribution in [-0.2, 0) is 4.74 Å². The van der Waals surface area contributed by atoms with Crippen molar-refractivity contribution in [3.63, 3.8) is 0 Å². The molecule has 64 valence electrons. The van der Waals surface area contributed by atoms with Crippen molar-refractivity contribution in [3.8, 4) is 0 Å². The Morgan fingerprint density at radius 2 is 2.08 bits per heavy atom. The largest absolute Gasteiger partial charge is 0.496 e. The van der Waals surface area contributed by atoms with Crippen molar-refractivity contribution >= 4 is 21.7 Å². The molecule has 0 radical (unpaired) electrons. The number of ether oxygens (including phenoxy) is 1. The Kier molecular flexibility index (Phi) is 3.88. The van der Waals surface area contributed by atoms with Crippen LogP contribution in [0.5, 0.6) is 0 Å². The Labute approximate surface area is 81.2 Å². The molecule has 0 aliphatic rings. The molecule has 0 N–H and O–H groups in total. The number of halogens is 1. The Hall–Kier alpha value is -0.760. The summed E-state index contributed by atoms with van der Waals surface area (Å²) in [6, 6.07) is 10.0. The average molecular weight is 227 g/mol. The molecule has 0 spiro atoms. The fourth-order valence-electron chi connectivity index (χ4n) is 0.992. The van der Waals surface area contributed by atoms with Crippen LogP contribution in [0.4, 0.5) is 0 Å². The lowest BCUT2D eigenvalue weighted by atomic mass is 10.2. The maximum atomic E-state index is 5.21. The highest BCUT2D eigenvalue weighted by atomic mass is 79.9. The van der Waals surface area contributed by atoms with E-state index in [4.69, 9.17) is 4.74 Å². The molecule has 0 aromatic heterocycles. The van der Waals surface area contributed by atoms with Crippen LogP contribution in [0.15, 0.2) is 36.4 Å². The maximum Gasteiger partial charge on any atom is 0.122 e. The minimum absolute atomic E-state index is 0.811. The molecule has 1 rings (SSSR count). The fraction of sp³-hybridized carbons (Fsp3) is 0.200. The molecule has 0 unspecified atom stereocenters. The summed E-state index contributed by atoms with van der Waals surface area (Å²) in [5.41, 5.74) is 1.11. The normalized spacial score (nSPS) is 11.3. The van der Waals surface area contributed by atoms with Crippen LogP contribution in [0, 0.1) is 0 Å². The standard InChI is InChI=1S/C10H11BrO/c1-12-10(7-8-11)9-5-3-2-4-6-9/h2-7H,8H2,1H3/b10-7+. The highest BCUT2D eigenvalue weighted by Gasteiger charge is 1.97. The number of hydrogen-bond acceptors (Lipinski definition) is 1. The van der Waals surface area contributed by atoms with Crippen molar-refractivity contribution in [2.75, 3.05) is 12.4 Å². The first-order valence-electron chi connectivity index (χ1n) is 3.74. The van der Waals surface area contributed by atoms with E-state index in [9.17, 15) is 0 Å². The first-order chi connectivity index (χ1) is 5.88. The van der Waals surface area contributed by atoms with Crippen LogP contribution < -0.4 is 0 Å². The molecule has 12 heavy (non-hydrogen) atoms. The lowest BCUT2D eigenvalue weighted by Crippen LogP contribution is -1.86. The first-order valence-corrected chi connectivity index (χ1v) is 4.86. The van der Waals surface area contributed by atoms with Crippen molar-refractivity contribution in [3.05, 3.63) is 42.0 Å². The highest BCUT2D eigenvalue weighted by Crippen LogP contribution is 2.14. The van der Waals surface area contributed by atoms with Gasteiger partial charge in [-0.1, -0.05) is 46.3 Å². The third-order valence-electron chi connectivity index (χ3n) is 1.54. The van der Waals surface area contributed by atoms with Gasteiger partial charge in [-0.05, 0) is 6.08 Å². The molecular weight excluding hydrogens is 216 g/mol. The topological polar surface area (TPSA) is 9.23 Å². The Balaban J connectivity index is 2.88. The van der Waals surface area contributed by atoms with Gasteiger partial charge in [0.25, 0.3) is 0 Å². The van der Waals surface area contributed by atoms with E-state index >= 15 is 0 Å². The van der Waals surface area contributed by atoms with Crippen molar-refractivity contribution in [2.45, 2.75) is 0 Å². The van der Waals surface area contributed by atoms with Gasteiger partial charge < -0.3 is 4.74 Å². The van der Waals surface area contributed by atoms with Gasteiger partial charge in [-0.3, -0.25) is 0 Å². The number of hydrogen-bond donors (Lipinski definition) is 0. The molecule has 0 saturated carbocycles. The van der Waals surface area contributed by atoms with E-state index < -0.39 is 0 Å². The van der Waals surface area contributed by atoms with E-state index in [1.165, 1.54) is 0 Å². The average Bonchev–Trinajstić information content (AvgIpc) is 2.15. The third kappa shape index (κ3) is 2.38. The Morgan fingerprint density at radius 1 is 1.42 bits per heavy atom. The monoisotopic (exact) mass is 226 g/mol. The summed E-state index contributed by atoms with van der Waals surface area (Å²) in [6.07, 6.45) is 2.00. The van der Waals surface area contributed by atoms with Gasteiger partial charge in [-0.15, -0.1) is 0 Å². The van der Waals surface area contributed by atoms with Gasteiger partial charge in [0, 0.05) is 10.9 Å². The zero-order valence-electron chi connectivity index (χ0n) is 6.96. The summed E-state index contributed by atoms with van der Waals surface area (Å²) in [5, 5.41) is 0.811. The molecule has 0 aliphatic carbocycles. The SMILES string of the molecule is CO/C(=C/CBr)c1ccccc1. The van der Waals surface area contributed by atoms with Crippen LogP contribution in [-0.4, -0.2) is 12.4 Å². The molecule has 0 saturated heterocycles. The maximum absolute atomic E-state index is 5.21. The minimum Gasteiger partial charge on any atom is -0.496 e. The van der Waals surface area contributed by atoms with Gasteiger partial charge in [-0.2, -0.15) is 0 Å². The smallest absolute Gasteiger partial charge is 0.122 e. The van der Waals surface area contributed by atoms with Crippen molar-refractivity contribution in [1.29, 1.82) is 0 Å². The Morgan fingerprint density at radius 3 is 2.58 bits per heavy atom. The molecule has 0 amide bonds. The van der Waals surface area contributed by atoms with Gasteiger partial charge >= 0.3 is 0 Å². The molecule has 1 nitrogen and oxygen atoms in total. The van der Waals surface area contributed by atoms with Crippen LogP contribution in [0.2, 0.25) is 0 Å². The zero-order chi connectivity index (χ0) is 8.81. The zero-order valence-corrected chi connectivity index (χ0v) is 8.54. The summed E-state index contributed by atoms with van der Waals surface area (Å²) in [6.45, 7) is 0. The van der Waals surface area contributed by atoms with Crippen molar-refractivity contribution in [1.82, 2.24) is 0 Å². The van der Waals surface area contributed by atoms with E-state index in [1.807, 2.05) is 36.4 Å². The molecule has 0 fully saturated rings. The summed E-state index contributed by atoms with van der Waals surface area (Å²) in [4.78, 5) is 0. The quantitative estimate of drug-likeness (QED) is 0.569. The van der Waals surface area contributed by atoms with Crippen LogP contribution in [0.1, 0.15) is 5.56 Å². The van der Waals surface area contributed by atoms with E-state index in [1.54, 1.807) is 7.11 Å². The van der Waals surface area contributed by atoms with Crippen molar-refractivity contribution < 1.29 is 4.74 Å². The van der Waals surface area contributed by atoms with Crippen LogP contribution in [0.3, 0.4) is 0 Å². The third-order valence-corrected chi connectivity index (χ3v) is 1.86. The molecule has 0 atom stereocenters. The second-order valence-electron chi connectivity index (χ2n) is 2.29. The van der Waals surface area contributed by atoms with E-state index in [0.29, 0.717) is 0 Å². The van der Waals surface area contributed by atoms with Gasteiger partial charge in [-0.25, -0.2) is 0 Å². The summed E-state index contributed by atoms with van der Waals surface area (Å²) in [5.74, 6) is 0.910. The number of rotatable bonds is 3. The van der Waals surface area contributed by atoms with E-state index in [-0.39, 0.29) is 0 Å². The number of methoxy groups -OCH3 is 1. The molecule has 0 bridgehead atoms. The molecule has 1 aromatic rings. The lowest BCUT2D eigenvalue weighted by Gasteiger charge is -2.04. The molecule has 0 aliphatic heterocycles. The summed E-state index contributed by atoms with van der Waals surface area (Å²) < 4.78 is 5.21. The predicted molar refractivity (Wildman–Crippen MR) is 55.2 cm³/mol. The first kappa shape index (κ1) is 9.33. The van der Waals surface area contributed by atoms with Crippen molar-refractivity contribution in [2.24, 2.45) is 0 Å². The predicted octanol–water partition coefficient (Wildman–Crippen LogP) is 3.07. The highest BCUT2D eigenvalue weighted by molar-refractivity contribution is 9.09. The fourth-order valence-corrected chi connectivity index (χ4v) is 1.29. The number of alkyl halides is 1. The number of benzene rings is 1. The second kappa shape index (κ2) is 4.99. The van der Waals surface area contributed by atoms with Crippen LogP contribution >= 0.6 is 15.9 Å². The Bertz CT molecular complexity index is 254. The summed E-state index contributed by atoms with van der Waals surface area (Å²) in [7, 11) is 1.68. The number of allylic oxidation sites excluding steroid dienone is 1. The van der Waals surface area contributed by atoms with Gasteiger partial charge in [0.2, 0.25) is 0 Å². The van der Waals surface area contributed by atoms with Gasteiger partial charge in [0.1, 0.15) is 5.76 Å². The van der Waals surface area contributed by atoms with Gasteiger partial charge in [0.05, 0.1) is 7.11 Å². The molecule has 0 heterocycles. The van der Waals surface area contributed by atoms with Gasteiger partial charge in [0.15, 0.2) is 0 Å². The molecule has 2 heteroatoms. The molecule has 1 aromatic carbocycles. The lowest BCUT2D eigenvalue weighted by molar-refractivity contribution is 0.369. The van der Waals surface area contributed by atoms with Crippen LogP contribution in [0.25, 0.3) is 5.76 Å². The summed E-state index contributed by atoms with van der Waals surface area (Å²) >= 11 is 3.33. The van der Waals surface area contributed by atoms with E-state index in [0.717, 1.165) is 16.7 Å². The minimum atomic E-state index is 0.811. The molecular formula is C10H11BrO.